The molecule has 134 valence electrons. The van der Waals surface area contributed by atoms with Gasteiger partial charge in [-0.15, -0.1) is 0 Å². The first-order chi connectivity index (χ1) is 11.5. The van der Waals surface area contributed by atoms with Gasteiger partial charge in [-0.25, -0.2) is 4.79 Å². The van der Waals surface area contributed by atoms with E-state index >= 15 is 0 Å². The second-order valence-electron chi connectivity index (χ2n) is 6.01. The second-order valence-corrected chi connectivity index (χ2v) is 6.01. The topological polar surface area (TPSA) is 87.0 Å². The standard InChI is InChI=1S/C19H28O5/c1-15(20)8-4-2-7-11-17(21)18(12-13-19(22)23)24-14-16-9-5-3-6-10-16/h3,5-6,9-10,12-13,15,17-18,20-21H,2,4,7-8,11,14H2,1H3,(H,22,23)/b13-12+/t15-,17-,18-/m1/s1. The van der Waals surface area contributed by atoms with Crippen LogP contribution in [-0.4, -0.2) is 39.6 Å². The van der Waals surface area contributed by atoms with E-state index in [-0.39, 0.29) is 6.10 Å². The molecule has 0 aliphatic carbocycles. The van der Waals surface area contributed by atoms with Crippen LogP contribution in [0.4, 0.5) is 0 Å². The molecule has 5 nitrogen and oxygen atoms in total. The molecule has 0 aliphatic rings. The molecule has 1 aromatic rings. The number of rotatable bonds is 12. The zero-order valence-electron chi connectivity index (χ0n) is 14.2. The average Bonchev–Trinajstić information content (AvgIpc) is 2.54. The summed E-state index contributed by atoms with van der Waals surface area (Å²) >= 11 is 0. The highest BCUT2D eigenvalue weighted by Crippen LogP contribution is 2.14. The highest BCUT2D eigenvalue weighted by Gasteiger charge is 2.17. The molecule has 0 spiro atoms. The van der Waals surface area contributed by atoms with Crippen LogP contribution in [0, 0.1) is 0 Å². The Labute approximate surface area is 143 Å². The molecule has 24 heavy (non-hydrogen) atoms. The highest BCUT2D eigenvalue weighted by atomic mass is 16.5. The maximum Gasteiger partial charge on any atom is 0.328 e. The van der Waals surface area contributed by atoms with Crippen LogP contribution in [0.15, 0.2) is 42.5 Å². The fourth-order valence-electron chi connectivity index (χ4n) is 2.37. The third-order valence-electron chi connectivity index (χ3n) is 3.71. The molecular formula is C19H28O5. The summed E-state index contributed by atoms with van der Waals surface area (Å²) in [5, 5.41) is 28.3. The maximum atomic E-state index is 10.7. The van der Waals surface area contributed by atoms with E-state index in [4.69, 9.17) is 9.84 Å². The van der Waals surface area contributed by atoms with Crippen LogP contribution in [0.25, 0.3) is 0 Å². The van der Waals surface area contributed by atoms with E-state index in [2.05, 4.69) is 0 Å². The zero-order valence-corrected chi connectivity index (χ0v) is 14.2. The lowest BCUT2D eigenvalue weighted by molar-refractivity contribution is -0.131. The van der Waals surface area contributed by atoms with Gasteiger partial charge < -0.3 is 20.1 Å². The molecule has 0 fully saturated rings. The first-order valence-electron chi connectivity index (χ1n) is 8.42. The molecule has 5 heteroatoms. The van der Waals surface area contributed by atoms with Crippen LogP contribution in [0.5, 0.6) is 0 Å². The number of aliphatic hydroxyl groups is 2. The predicted molar refractivity (Wildman–Crippen MR) is 92.6 cm³/mol. The van der Waals surface area contributed by atoms with E-state index in [9.17, 15) is 15.0 Å². The van der Waals surface area contributed by atoms with Crippen LogP contribution in [0.3, 0.4) is 0 Å². The summed E-state index contributed by atoms with van der Waals surface area (Å²) in [6.45, 7) is 2.08. The minimum absolute atomic E-state index is 0.296. The highest BCUT2D eigenvalue weighted by molar-refractivity contribution is 5.79. The largest absolute Gasteiger partial charge is 0.478 e. The van der Waals surface area contributed by atoms with Gasteiger partial charge in [-0.05, 0) is 31.4 Å². The maximum absolute atomic E-state index is 10.7. The van der Waals surface area contributed by atoms with E-state index in [1.54, 1.807) is 6.92 Å². The number of aliphatic hydroxyl groups excluding tert-OH is 2. The van der Waals surface area contributed by atoms with Crippen molar-refractivity contribution in [1.29, 1.82) is 0 Å². The number of carboxylic acids is 1. The SMILES string of the molecule is C[C@@H](O)CCCCC[C@@H](O)[C@@H](/C=C/C(=O)O)OCc1ccccc1. The summed E-state index contributed by atoms with van der Waals surface area (Å²) in [6, 6.07) is 9.55. The van der Waals surface area contributed by atoms with Gasteiger partial charge in [0.1, 0.15) is 6.10 Å². The molecule has 1 aromatic carbocycles. The second kappa shape index (κ2) is 11.8. The minimum Gasteiger partial charge on any atom is -0.478 e. The van der Waals surface area contributed by atoms with Crippen molar-refractivity contribution in [1.82, 2.24) is 0 Å². The lowest BCUT2D eigenvalue weighted by Crippen LogP contribution is -2.27. The Morgan fingerprint density at radius 2 is 1.79 bits per heavy atom. The summed E-state index contributed by atoms with van der Waals surface area (Å²) in [7, 11) is 0. The van der Waals surface area contributed by atoms with Crippen molar-refractivity contribution in [2.75, 3.05) is 0 Å². The third kappa shape index (κ3) is 9.45. The van der Waals surface area contributed by atoms with Crippen LogP contribution < -0.4 is 0 Å². The summed E-state index contributed by atoms with van der Waals surface area (Å²) in [5.74, 6) is -1.06. The van der Waals surface area contributed by atoms with E-state index < -0.39 is 18.2 Å². The Morgan fingerprint density at radius 3 is 2.42 bits per heavy atom. The summed E-state index contributed by atoms with van der Waals surface area (Å²) in [4.78, 5) is 10.7. The van der Waals surface area contributed by atoms with Crippen LogP contribution >= 0.6 is 0 Å². The molecule has 0 aliphatic heterocycles. The normalized spacial score (nSPS) is 15.3. The lowest BCUT2D eigenvalue weighted by atomic mass is 10.0. The average molecular weight is 336 g/mol. The van der Waals surface area contributed by atoms with Crippen molar-refractivity contribution in [2.24, 2.45) is 0 Å². The lowest BCUT2D eigenvalue weighted by Gasteiger charge is -2.20. The van der Waals surface area contributed by atoms with E-state index in [0.29, 0.717) is 13.0 Å². The van der Waals surface area contributed by atoms with Crippen molar-refractivity contribution in [3.63, 3.8) is 0 Å². The molecule has 0 heterocycles. The molecule has 1 rings (SSSR count). The van der Waals surface area contributed by atoms with Gasteiger partial charge in [0, 0.05) is 6.08 Å². The number of benzene rings is 1. The smallest absolute Gasteiger partial charge is 0.328 e. The molecule has 0 aromatic heterocycles. The number of hydrogen-bond donors (Lipinski definition) is 3. The monoisotopic (exact) mass is 336 g/mol. The molecule has 0 bridgehead atoms. The van der Waals surface area contributed by atoms with Crippen molar-refractivity contribution >= 4 is 5.97 Å². The van der Waals surface area contributed by atoms with Gasteiger partial charge in [-0.1, -0.05) is 49.6 Å². The van der Waals surface area contributed by atoms with Crippen molar-refractivity contribution in [2.45, 2.75) is 63.9 Å². The number of aliphatic carboxylic acids is 1. The minimum atomic E-state index is -1.06. The van der Waals surface area contributed by atoms with Crippen LogP contribution in [-0.2, 0) is 16.1 Å². The van der Waals surface area contributed by atoms with Gasteiger partial charge in [-0.2, -0.15) is 0 Å². The van der Waals surface area contributed by atoms with Crippen molar-refractivity contribution in [3.8, 4) is 0 Å². The Morgan fingerprint density at radius 1 is 1.12 bits per heavy atom. The number of ether oxygens (including phenoxy) is 1. The molecule has 0 unspecified atom stereocenters. The van der Waals surface area contributed by atoms with E-state index in [1.165, 1.54) is 6.08 Å². The molecular weight excluding hydrogens is 308 g/mol. The van der Waals surface area contributed by atoms with Crippen molar-refractivity contribution in [3.05, 3.63) is 48.0 Å². The molecule has 3 N–H and O–H groups in total. The Balaban J connectivity index is 2.46. The fraction of sp³-hybridized carbons (Fsp3) is 0.526. The predicted octanol–water partition coefficient (Wildman–Crippen LogP) is 2.90. The quantitative estimate of drug-likeness (QED) is 0.403. The van der Waals surface area contributed by atoms with Gasteiger partial charge in [0.15, 0.2) is 0 Å². The zero-order chi connectivity index (χ0) is 17.8. The van der Waals surface area contributed by atoms with Gasteiger partial charge in [0.05, 0.1) is 18.8 Å². The van der Waals surface area contributed by atoms with E-state index in [0.717, 1.165) is 37.3 Å². The van der Waals surface area contributed by atoms with Gasteiger partial charge in [0.2, 0.25) is 0 Å². The molecule has 0 saturated heterocycles. The summed E-state index contributed by atoms with van der Waals surface area (Å²) in [6.07, 6.45) is 4.61. The molecule has 0 radical (unpaired) electrons. The number of carbonyl (C=O) groups is 1. The summed E-state index contributed by atoms with van der Waals surface area (Å²) in [5.41, 5.74) is 0.968. The molecule has 3 atom stereocenters. The van der Waals surface area contributed by atoms with Crippen molar-refractivity contribution < 1.29 is 24.9 Å². The third-order valence-corrected chi connectivity index (χ3v) is 3.71. The van der Waals surface area contributed by atoms with Gasteiger partial charge >= 0.3 is 5.97 Å². The number of carboxylic acid groups (broad SMARTS) is 1. The molecule has 0 amide bonds. The Hall–Kier alpha value is -1.69. The Bertz CT molecular complexity index is 484. The molecule has 0 saturated carbocycles. The van der Waals surface area contributed by atoms with Gasteiger partial charge in [-0.3, -0.25) is 0 Å². The summed E-state index contributed by atoms with van der Waals surface area (Å²) < 4.78 is 5.70. The number of unbranched alkanes of at least 4 members (excludes halogenated alkanes) is 2. The van der Waals surface area contributed by atoms with Crippen LogP contribution in [0.2, 0.25) is 0 Å². The van der Waals surface area contributed by atoms with E-state index in [1.807, 2.05) is 30.3 Å². The first kappa shape index (κ1) is 20.4. The van der Waals surface area contributed by atoms with Crippen LogP contribution in [0.1, 0.15) is 44.6 Å². The fourth-order valence-corrected chi connectivity index (χ4v) is 2.37. The Kier molecular flexibility index (Phi) is 10.00. The van der Waals surface area contributed by atoms with Gasteiger partial charge in [0.25, 0.3) is 0 Å². The first-order valence-corrected chi connectivity index (χ1v) is 8.42. The number of hydrogen-bond acceptors (Lipinski definition) is 4.